The van der Waals surface area contributed by atoms with E-state index < -0.39 is 0 Å². The molecular formula is C16H22N2O2. The maximum atomic E-state index is 12.8. The third-order valence-electron chi connectivity index (χ3n) is 4.13. The second kappa shape index (κ2) is 5.35. The molecule has 2 fully saturated rings. The van der Waals surface area contributed by atoms with Crippen LogP contribution in [0.25, 0.3) is 0 Å². The second-order valence-electron chi connectivity index (χ2n) is 6.05. The third-order valence-corrected chi connectivity index (χ3v) is 4.13. The average Bonchev–Trinajstić information content (AvgIpc) is 3.33. The molecule has 2 aliphatic carbocycles. The van der Waals surface area contributed by atoms with Crippen LogP contribution in [-0.4, -0.2) is 31.0 Å². The summed E-state index contributed by atoms with van der Waals surface area (Å²) in [4.78, 5) is 14.8. The van der Waals surface area contributed by atoms with E-state index in [9.17, 15) is 4.79 Å². The van der Waals surface area contributed by atoms with Crippen LogP contribution in [0.3, 0.4) is 0 Å². The lowest BCUT2D eigenvalue weighted by atomic mass is 10.1. The van der Waals surface area contributed by atoms with E-state index in [-0.39, 0.29) is 5.91 Å². The maximum Gasteiger partial charge on any atom is 0.256 e. The number of nitrogens with two attached hydrogens (primary N) is 1. The summed E-state index contributed by atoms with van der Waals surface area (Å²) in [5, 5.41) is 0. The highest BCUT2D eigenvalue weighted by Crippen LogP contribution is 2.34. The monoisotopic (exact) mass is 274 g/mol. The predicted octanol–water partition coefficient (Wildman–Crippen LogP) is 2.54. The minimum Gasteiger partial charge on any atom is -0.497 e. The van der Waals surface area contributed by atoms with Crippen molar-refractivity contribution in [3.05, 3.63) is 23.8 Å². The summed E-state index contributed by atoms with van der Waals surface area (Å²) in [7, 11) is 1.60. The van der Waals surface area contributed by atoms with Crippen LogP contribution in [-0.2, 0) is 0 Å². The summed E-state index contributed by atoms with van der Waals surface area (Å²) in [6.45, 7) is 1.76. The Morgan fingerprint density at radius 1 is 1.25 bits per heavy atom. The van der Waals surface area contributed by atoms with E-state index >= 15 is 0 Å². The summed E-state index contributed by atoms with van der Waals surface area (Å²) in [6, 6.07) is 5.29. The van der Waals surface area contributed by atoms with Crippen molar-refractivity contribution in [2.24, 2.45) is 11.8 Å². The van der Waals surface area contributed by atoms with E-state index in [1.165, 1.54) is 25.7 Å². The van der Waals surface area contributed by atoms with Crippen LogP contribution >= 0.6 is 0 Å². The summed E-state index contributed by atoms with van der Waals surface area (Å²) in [5.41, 5.74) is 7.08. The van der Waals surface area contributed by atoms with Gasteiger partial charge >= 0.3 is 0 Å². The summed E-state index contributed by atoms with van der Waals surface area (Å²) >= 11 is 0. The quantitative estimate of drug-likeness (QED) is 0.811. The van der Waals surface area contributed by atoms with E-state index in [1.807, 2.05) is 4.90 Å². The van der Waals surface area contributed by atoms with E-state index in [0.717, 1.165) is 13.1 Å². The van der Waals surface area contributed by atoms with E-state index in [4.69, 9.17) is 10.5 Å². The molecule has 20 heavy (non-hydrogen) atoms. The fourth-order valence-corrected chi connectivity index (χ4v) is 2.48. The second-order valence-corrected chi connectivity index (χ2v) is 6.05. The molecule has 0 unspecified atom stereocenters. The lowest BCUT2D eigenvalue weighted by molar-refractivity contribution is 0.0740. The highest BCUT2D eigenvalue weighted by atomic mass is 16.5. The van der Waals surface area contributed by atoms with Crippen LogP contribution in [0.1, 0.15) is 36.0 Å². The first kappa shape index (κ1) is 13.3. The number of nitrogens with zero attached hydrogens (tertiary/aromatic N) is 1. The van der Waals surface area contributed by atoms with Crippen LogP contribution in [0, 0.1) is 11.8 Å². The Kier molecular flexibility index (Phi) is 3.55. The Balaban J connectivity index is 1.79. The van der Waals surface area contributed by atoms with Gasteiger partial charge in [-0.1, -0.05) is 0 Å². The number of hydrogen-bond donors (Lipinski definition) is 1. The Morgan fingerprint density at radius 3 is 2.35 bits per heavy atom. The number of methoxy groups -OCH3 is 1. The van der Waals surface area contributed by atoms with Gasteiger partial charge in [-0.15, -0.1) is 0 Å². The van der Waals surface area contributed by atoms with Crippen LogP contribution in [0.4, 0.5) is 5.69 Å². The number of carbonyl (C=O) groups excluding carboxylic acids is 1. The molecule has 1 amide bonds. The van der Waals surface area contributed by atoms with Crippen LogP contribution in [0.15, 0.2) is 18.2 Å². The number of carbonyl (C=O) groups is 1. The zero-order valence-corrected chi connectivity index (χ0v) is 12.0. The number of hydrogen-bond acceptors (Lipinski definition) is 3. The van der Waals surface area contributed by atoms with Gasteiger partial charge in [-0.2, -0.15) is 0 Å². The van der Waals surface area contributed by atoms with Crippen molar-refractivity contribution in [1.82, 2.24) is 4.90 Å². The molecule has 0 saturated heterocycles. The Hall–Kier alpha value is -1.71. The van der Waals surface area contributed by atoms with Crippen molar-refractivity contribution in [3.63, 3.8) is 0 Å². The normalized spacial score (nSPS) is 17.9. The SMILES string of the molecule is COc1ccc(N)c(C(=O)N(CC2CC2)CC2CC2)c1. The molecule has 108 valence electrons. The van der Waals surface area contributed by atoms with Crippen LogP contribution < -0.4 is 10.5 Å². The number of rotatable bonds is 6. The maximum absolute atomic E-state index is 12.8. The first-order valence-corrected chi connectivity index (χ1v) is 7.40. The minimum absolute atomic E-state index is 0.0557. The molecule has 0 aromatic heterocycles. The highest BCUT2D eigenvalue weighted by molar-refractivity contribution is 5.99. The number of ether oxygens (including phenoxy) is 1. The zero-order chi connectivity index (χ0) is 14.1. The first-order valence-electron chi connectivity index (χ1n) is 7.40. The van der Waals surface area contributed by atoms with E-state index in [2.05, 4.69) is 0 Å². The molecule has 1 aromatic rings. The Bertz CT molecular complexity index is 493. The molecular weight excluding hydrogens is 252 g/mol. The van der Waals surface area contributed by atoms with Gasteiger partial charge in [0.05, 0.1) is 12.7 Å². The lowest BCUT2D eigenvalue weighted by Gasteiger charge is -2.23. The summed E-state index contributed by atoms with van der Waals surface area (Å²) in [5.74, 6) is 2.13. The Morgan fingerprint density at radius 2 is 1.85 bits per heavy atom. The Labute approximate surface area is 119 Å². The third kappa shape index (κ3) is 3.06. The minimum atomic E-state index is 0.0557. The zero-order valence-electron chi connectivity index (χ0n) is 12.0. The molecule has 0 atom stereocenters. The molecule has 3 rings (SSSR count). The molecule has 0 bridgehead atoms. The molecule has 2 saturated carbocycles. The average molecular weight is 274 g/mol. The number of benzene rings is 1. The summed E-state index contributed by atoms with van der Waals surface area (Å²) in [6.07, 6.45) is 5.01. The fraction of sp³-hybridized carbons (Fsp3) is 0.562. The summed E-state index contributed by atoms with van der Waals surface area (Å²) < 4.78 is 5.20. The van der Waals surface area contributed by atoms with Gasteiger partial charge in [0, 0.05) is 18.8 Å². The van der Waals surface area contributed by atoms with E-state index in [0.29, 0.717) is 28.8 Å². The van der Waals surface area contributed by atoms with Crippen molar-refractivity contribution < 1.29 is 9.53 Å². The van der Waals surface area contributed by atoms with Crippen molar-refractivity contribution in [3.8, 4) is 5.75 Å². The lowest BCUT2D eigenvalue weighted by Crippen LogP contribution is -2.35. The van der Waals surface area contributed by atoms with Crippen LogP contribution in [0.2, 0.25) is 0 Å². The number of anilines is 1. The molecule has 2 N–H and O–H groups in total. The fourth-order valence-electron chi connectivity index (χ4n) is 2.48. The first-order chi connectivity index (χ1) is 9.67. The molecule has 1 aromatic carbocycles. The van der Waals surface area contributed by atoms with Gasteiger partial charge in [0.25, 0.3) is 5.91 Å². The van der Waals surface area contributed by atoms with E-state index in [1.54, 1.807) is 25.3 Å². The van der Waals surface area contributed by atoms with Crippen molar-refractivity contribution in [2.45, 2.75) is 25.7 Å². The molecule has 2 aliphatic rings. The molecule has 4 heteroatoms. The van der Waals surface area contributed by atoms with Crippen molar-refractivity contribution >= 4 is 11.6 Å². The number of amides is 1. The smallest absolute Gasteiger partial charge is 0.256 e. The molecule has 0 heterocycles. The predicted molar refractivity (Wildman–Crippen MR) is 78.8 cm³/mol. The van der Waals surface area contributed by atoms with Gasteiger partial charge in [-0.05, 0) is 55.7 Å². The van der Waals surface area contributed by atoms with Gasteiger partial charge < -0.3 is 15.4 Å². The van der Waals surface area contributed by atoms with Crippen molar-refractivity contribution in [2.75, 3.05) is 25.9 Å². The number of nitrogen functional groups attached to an aromatic ring is 1. The molecule has 4 nitrogen and oxygen atoms in total. The molecule has 0 aliphatic heterocycles. The topological polar surface area (TPSA) is 55.6 Å². The standard InChI is InChI=1S/C16H22N2O2/c1-20-13-6-7-15(17)14(8-13)16(19)18(9-11-2-3-11)10-12-4-5-12/h6-8,11-12H,2-5,9-10,17H2,1H3. The molecule has 0 radical (unpaired) electrons. The van der Waals surface area contributed by atoms with Gasteiger partial charge in [0.2, 0.25) is 0 Å². The largest absolute Gasteiger partial charge is 0.497 e. The molecule has 0 spiro atoms. The van der Waals surface area contributed by atoms with Gasteiger partial charge in [-0.3, -0.25) is 4.79 Å². The van der Waals surface area contributed by atoms with Gasteiger partial charge in [0.15, 0.2) is 0 Å². The highest BCUT2D eigenvalue weighted by Gasteiger charge is 2.32. The van der Waals surface area contributed by atoms with Crippen LogP contribution in [0.5, 0.6) is 5.75 Å². The van der Waals surface area contributed by atoms with Gasteiger partial charge in [0.1, 0.15) is 5.75 Å². The van der Waals surface area contributed by atoms with Gasteiger partial charge in [-0.25, -0.2) is 0 Å². The van der Waals surface area contributed by atoms with Crippen molar-refractivity contribution in [1.29, 1.82) is 0 Å².